The van der Waals surface area contributed by atoms with Crippen LogP contribution in [0, 0.1) is 0 Å². The fourth-order valence-electron chi connectivity index (χ4n) is 3.17. The first-order valence-electron chi connectivity index (χ1n) is 9.63. The normalized spacial score (nSPS) is 11.6. The van der Waals surface area contributed by atoms with Crippen molar-refractivity contribution in [1.82, 2.24) is 19.7 Å². The lowest BCUT2D eigenvalue weighted by Crippen LogP contribution is -2.07. The highest BCUT2D eigenvalue weighted by molar-refractivity contribution is 5.87. The van der Waals surface area contributed by atoms with E-state index in [-0.39, 0.29) is 12.2 Å². The van der Waals surface area contributed by atoms with Crippen LogP contribution in [0.1, 0.15) is 51.5 Å². The highest BCUT2D eigenvalue weighted by atomic mass is 19.4. The van der Waals surface area contributed by atoms with Crippen LogP contribution in [0.4, 0.5) is 13.2 Å². The molecule has 0 aliphatic carbocycles. The summed E-state index contributed by atoms with van der Waals surface area (Å²) in [6.45, 7) is 0.0315. The van der Waals surface area contributed by atoms with Crippen LogP contribution in [-0.2, 0) is 32.2 Å². The number of unbranched alkanes of at least 4 members (excludes halogenated alkanes) is 1. The Kier molecular flexibility index (Phi) is 7.01. The SMILES string of the molecule is O=C(O)c1cc(CO)nc(CCCCc2nncn2Cc2ccc(C(F)(F)F)cc2)c1. The monoisotopic (exact) mass is 434 g/mol. The fourth-order valence-corrected chi connectivity index (χ4v) is 3.17. The third-order valence-corrected chi connectivity index (χ3v) is 4.75. The van der Waals surface area contributed by atoms with Crippen molar-refractivity contribution >= 4 is 5.97 Å². The van der Waals surface area contributed by atoms with Gasteiger partial charge in [-0.2, -0.15) is 13.2 Å². The molecule has 7 nitrogen and oxygen atoms in total. The standard InChI is InChI=1S/C21H21F3N4O3/c22-21(23,24)16-7-5-14(6-8-16)11-28-13-25-27-19(28)4-2-1-3-17-9-15(20(30)31)10-18(12-29)26-17/h5-10,13,29H,1-4,11-12H2,(H,30,31). The molecule has 2 heterocycles. The van der Waals surface area contributed by atoms with Crippen LogP contribution in [0.15, 0.2) is 42.7 Å². The zero-order valence-corrected chi connectivity index (χ0v) is 16.5. The van der Waals surface area contributed by atoms with Crippen molar-refractivity contribution in [1.29, 1.82) is 0 Å². The number of benzene rings is 1. The molecular weight excluding hydrogens is 413 g/mol. The lowest BCUT2D eigenvalue weighted by Gasteiger charge is -2.10. The summed E-state index contributed by atoms with van der Waals surface area (Å²) in [5.41, 5.74) is 1.01. The predicted octanol–water partition coefficient (Wildman–Crippen LogP) is 3.50. The van der Waals surface area contributed by atoms with Gasteiger partial charge in [0.2, 0.25) is 0 Å². The second-order valence-corrected chi connectivity index (χ2v) is 7.08. The third kappa shape index (κ3) is 6.11. The molecular formula is C21H21F3N4O3. The van der Waals surface area contributed by atoms with Gasteiger partial charge in [0.05, 0.1) is 30.0 Å². The Morgan fingerprint density at radius 2 is 1.71 bits per heavy atom. The molecule has 0 unspecified atom stereocenters. The quantitative estimate of drug-likeness (QED) is 0.500. The van der Waals surface area contributed by atoms with Crippen LogP contribution in [-0.4, -0.2) is 35.9 Å². The van der Waals surface area contributed by atoms with Gasteiger partial charge in [-0.25, -0.2) is 4.79 Å². The molecule has 0 aliphatic heterocycles. The third-order valence-electron chi connectivity index (χ3n) is 4.75. The first-order valence-corrected chi connectivity index (χ1v) is 9.63. The highest BCUT2D eigenvalue weighted by Crippen LogP contribution is 2.29. The number of hydrogen-bond acceptors (Lipinski definition) is 5. The summed E-state index contributed by atoms with van der Waals surface area (Å²) in [5.74, 6) is -0.363. The summed E-state index contributed by atoms with van der Waals surface area (Å²) in [6.07, 6.45) is -0.226. The Morgan fingerprint density at radius 1 is 1.03 bits per heavy atom. The van der Waals surface area contributed by atoms with Gasteiger partial charge in [0, 0.05) is 12.1 Å². The Balaban J connectivity index is 1.56. The van der Waals surface area contributed by atoms with E-state index in [1.807, 2.05) is 0 Å². The topological polar surface area (TPSA) is 101 Å². The number of carboxylic acid groups (broad SMARTS) is 1. The van der Waals surface area contributed by atoms with Crippen molar-refractivity contribution in [3.8, 4) is 0 Å². The van der Waals surface area contributed by atoms with Crippen molar-refractivity contribution < 1.29 is 28.2 Å². The second kappa shape index (κ2) is 9.69. The van der Waals surface area contributed by atoms with E-state index in [0.717, 1.165) is 18.6 Å². The van der Waals surface area contributed by atoms with E-state index < -0.39 is 17.7 Å². The molecule has 0 atom stereocenters. The number of hydrogen-bond donors (Lipinski definition) is 2. The van der Waals surface area contributed by atoms with Crippen LogP contribution in [0.3, 0.4) is 0 Å². The number of alkyl halides is 3. The Labute approximate surface area is 176 Å². The van der Waals surface area contributed by atoms with Gasteiger partial charge in [-0.05, 0) is 49.1 Å². The van der Waals surface area contributed by atoms with E-state index in [1.165, 1.54) is 24.3 Å². The van der Waals surface area contributed by atoms with Crippen molar-refractivity contribution in [2.45, 2.75) is 45.0 Å². The molecule has 3 aromatic rings. The van der Waals surface area contributed by atoms with Gasteiger partial charge in [0.15, 0.2) is 0 Å². The van der Waals surface area contributed by atoms with Gasteiger partial charge in [-0.1, -0.05) is 12.1 Å². The number of aryl methyl sites for hydroxylation is 2. The first kappa shape index (κ1) is 22.4. The molecule has 10 heteroatoms. The molecule has 0 amide bonds. The number of aromatic carboxylic acids is 1. The van der Waals surface area contributed by atoms with Crippen LogP contribution < -0.4 is 0 Å². The molecule has 0 saturated heterocycles. The summed E-state index contributed by atoms with van der Waals surface area (Å²) < 4.78 is 39.9. The van der Waals surface area contributed by atoms with Crippen LogP contribution in [0.5, 0.6) is 0 Å². The second-order valence-electron chi connectivity index (χ2n) is 7.08. The number of rotatable bonds is 9. The molecule has 2 aromatic heterocycles. The molecule has 2 N–H and O–H groups in total. The molecule has 0 fully saturated rings. The van der Waals surface area contributed by atoms with Gasteiger partial charge in [0.1, 0.15) is 12.2 Å². The van der Waals surface area contributed by atoms with E-state index in [9.17, 15) is 23.1 Å². The summed E-state index contributed by atoms with van der Waals surface area (Å²) in [5, 5.41) is 26.4. The minimum absolute atomic E-state index is 0.0883. The molecule has 0 bridgehead atoms. The van der Waals surface area contributed by atoms with Crippen molar-refractivity contribution in [3.63, 3.8) is 0 Å². The molecule has 0 spiro atoms. The van der Waals surface area contributed by atoms with Gasteiger partial charge in [0.25, 0.3) is 0 Å². The maximum Gasteiger partial charge on any atom is 0.416 e. The molecule has 164 valence electrons. The van der Waals surface area contributed by atoms with E-state index in [0.29, 0.717) is 48.6 Å². The molecule has 3 rings (SSSR count). The first-order chi connectivity index (χ1) is 14.8. The average molecular weight is 434 g/mol. The van der Waals surface area contributed by atoms with Crippen molar-refractivity contribution in [2.75, 3.05) is 0 Å². The number of halogens is 3. The Bertz CT molecular complexity index is 1030. The van der Waals surface area contributed by atoms with Crippen LogP contribution in [0.2, 0.25) is 0 Å². The Morgan fingerprint density at radius 3 is 2.35 bits per heavy atom. The number of carbonyl (C=O) groups is 1. The summed E-state index contributed by atoms with van der Waals surface area (Å²) >= 11 is 0. The summed E-state index contributed by atoms with van der Waals surface area (Å²) in [4.78, 5) is 15.4. The number of nitrogens with zero attached hydrogens (tertiary/aromatic N) is 4. The van der Waals surface area contributed by atoms with Gasteiger partial charge in [-0.15, -0.1) is 10.2 Å². The van der Waals surface area contributed by atoms with Crippen molar-refractivity contribution in [2.24, 2.45) is 0 Å². The zero-order valence-electron chi connectivity index (χ0n) is 16.5. The average Bonchev–Trinajstić information content (AvgIpc) is 3.17. The number of aliphatic hydroxyl groups is 1. The molecule has 0 aliphatic rings. The summed E-state index contributed by atoms with van der Waals surface area (Å²) in [7, 11) is 0. The maximum atomic E-state index is 12.7. The van der Waals surface area contributed by atoms with Gasteiger partial charge < -0.3 is 14.8 Å². The van der Waals surface area contributed by atoms with E-state index in [1.54, 1.807) is 10.9 Å². The number of pyridine rings is 1. The van der Waals surface area contributed by atoms with E-state index in [4.69, 9.17) is 5.11 Å². The number of aliphatic hydroxyl groups excluding tert-OH is 1. The number of aromatic nitrogens is 4. The zero-order chi connectivity index (χ0) is 22.4. The minimum Gasteiger partial charge on any atom is -0.478 e. The van der Waals surface area contributed by atoms with Crippen LogP contribution >= 0.6 is 0 Å². The van der Waals surface area contributed by atoms with Crippen molar-refractivity contribution in [3.05, 3.63) is 76.6 Å². The highest BCUT2D eigenvalue weighted by Gasteiger charge is 2.29. The van der Waals surface area contributed by atoms with Gasteiger partial charge >= 0.3 is 12.1 Å². The van der Waals surface area contributed by atoms with Crippen LogP contribution in [0.25, 0.3) is 0 Å². The Hall–Kier alpha value is -3.27. The van der Waals surface area contributed by atoms with E-state index >= 15 is 0 Å². The smallest absolute Gasteiger partial charge is 0.416 e. The molecule has 31 heavy (non-hydrogen) atoms. The maximum absolute atomic E-state index is 12.7. The lowest BCUT2D eigenvalue weighted by molar-refractivity contribution is -0.137. The predicted molar refractivity (Wildman–Crippen MR) is 104 cm³/mol. The fraction of sp³-hybridized carbons (Fsp3) is 0.333. The lowest BCUT2D eigenvalue weighted by atomic mass is 10.1. The molecule has 0 saturated carbocycles. The minimum atomic E-state index is -4.36. The largest absolute Gasteiger partial charge is 0.478 e. The molecule has 1 aromatic carbocycles. The molecule has 0 radical (unpaired) electrons. The van der Waals surface area contributed by atoms with E-state index in [2.05, 4.69) is 15.2 Å². The number of carboxylic acids is 1. The summed E-state index contributed by atoms with van der Waals surface area (Å²) in [6, 6.07) is 7.82. The van der Waals surface area contributed by atoms with Gasteiger partial charge in [-0.3, -0.25) is 4.98 Å².